The molecule has 2 N–H and O–H groups in total. The van der Waals surface area contributed by atoms with Crippen LogP contribution in [-0.2, 0) is 5.41 Å². The van der Waals surface area contributed by atoms with Crippen LogP contribution in [0.1, 0.15) is 32.0 Å². The second-order valence-electron chi connectivity index (χ2n) is 5.55. The van der Waals surface area contributed by atoms with E-state index in [9.17, 15) is 0 Å². The first kappa shape index (κ1) is 13.1. The smallest absolute Gasteiger partial charge is 0.141 e. The highest BCUT2D eigenvalue weighted by atomic mass is 79.9. The topological polar surface area (TPSA) is 43.8 Å². The van der Waals surface area contributed by atoms with Crippen LogP contribution in [0.25, 0.3) is 5.69 Å². The lowest BCUT2D eigenvalue weighted by Gasteiger charge is -2.15. The maximum atomic E-state index is 6.12. The van der Waals surface area contributed by atoms with Gasteiger partial charge in [0.1, 0.15) is 5.82 Å². The number of hydrogen-bond acceptors (Lipinski definition) is 2. The van der Waals surface area contributed by atoms with Gasteiger partial charge in [0, 0.05) is 5.41 Å². The number of nitrogens with zero attached hydrogens (tertiary/aromatic N) is 2. The van der Waals surface area contributed by atoms with Gasteiger partial charge in [-0.3, -0.25) is 0 Å². The van der Waals surface area contributed by atoms with E-state index in [0.717, 1.165) is 15.9 Å². The summed E-state index contributed by atoms with van der Waals surface area (Å²) in [4.78, 5) is 0. The van der Waals surface area contributed by atoms with Gasteiger partial charge in [0.2, 0.25) is 0 Å². The second kappa shape index (κ2) is 4.43. The molecule has 0 fully saturated rings. The molecule has 0 bridgehead atoms. The average molecular weight is 308 g/mol. The third kappa shape index (κ3) is 2.29. The molecule has 1 aromatic carbocycles. The summed E-state index contributed by atoms with van der Waals surface area (Å²) in [7, 11) is 0. The first-order chi connectivity index (χ1) is 8.30. The van der Waals surface area contributed by atoms with E-state index in [1.165, 1.54) is 5.56 Å². The molecule has 18 heavy (non-hydrogen) atoms. The molecule has 0 saturated heterocycles. The SMILES string of the molecule is Cc1ccc(-n2nc(C(C)(C)C)c(Br)c2N)cc1. The molecule has 3 nitrogen and oxygen atoms in total. The molecular formula is C14H18BrN3. The van der Waals surface area contributed by atoms with Crippen molar-refractivity contribution in [2.45, 2.75) is 33.1 Å². The van der Waals surface area contributed by atoms with E-state index in [1.807, 2.05) is 12.1 Å². The molecule has 0 aliphatic heterocycles. The number of anilines is 1. The number of hydrogen-bond donors (Lipinski definition) is 1. The normalized spacial score (nSPS) is 11.8. The summed E-state index contributed by atoms with van der Waals surface area (Å²) in [5.41, 5.74) is 9.26. The minimum absolute atomic E-state index is 0.0388. The Balaban J connectivity index is 2.56. The van der Waals surface area contributed by atoms with Gasteiger partial charge >= 0.3 is 0 Å². The fraction of sp³-hybridized carbons (Fsp3) is 0.357. The fourth-order valence-electron chi connectivity index (χ4n) is 1.77. The van der Waals surface area contributed by atoms with Crippen LogP contribution in [0.5, 0.6) is 0 Å². The van der Waals surface area contributed by atoms with Crippen LogP contribution in [0, 0.1) is 6.92 Å². The van der Waals surface area contributed by atoms with Gasteiger partial charge in [-0.25, -0.2) is 4.68 Å². The van der Waals surface area contributed by atoms with Crippen LogP contribution in [0.3, 0.4) is 0 Å². The first-order valence-corrected chi connectivity index (χ1v) is 6.71. The van der Waals surface area contributed by atoms with Crippen molar-refractivity contribution in [3.8, 4) is 5.69 Å². The Kier molecular flexibility index (Phi) is 3.23. The second-order valence-corrected chi connectivity index (χ2v) is 6.34. The Morgan fingerprint density at radius 3 is 2.17 bits per heavy atom. The zero-order valence-corrected chi connectivity index (χ0v) is 12.7. The summed E-state index contributed by atoms with van der Waals surface area (Å²) in [5.74, 6) is 0.642. The van der Waals surface area contributed by atoms with E-state index in [4.69, 9.17) is 5.73 Å². The van der Waals surface area contributed by atoms with Crippen molar-refractivity contribution in [2.75, 3.05) is 5.73 Å². The minimum Gasteiger partial charge on any atom is -0.383 e. The highest BCUT2D eigenvalue weighted by Gasteiger charge is 2.24. The molecule has 0 radical (unpaired) electrons. The maximum Gasteiger partial charge on any atom is 0.141 e. The van der Waals surface area contributed by atoms with Crippen molar-refractivity contribution in [1.82, 2.24) is 9.78 Å². The zero-order valence-electron chi connectivity index (χ0n) is 11.2. The van der Waals surface area contributed by atoms with E-state index in [1.54, 1.807) is 4.68 Å². The molecule has 0 unspecified atom stereocenters. The molecule has 1 heterocycles. The number of nitrogens with two attached hydrogens (primary N) is 1. The molecule has 2 aromatic rings. The summed E-state index contributed by atoms with van der Waals surface area (Å²) >= 11 is 3.54. The molecule has 0 atom stereocenters. The highest BCUT2D eigenvalue weighted by molar-refractivity contribution is 9.10. The molecule has 0 saturated carbocycles. The number of nitrogen functional groups attached to an aromatic ring is 1. The molecule has 0 amide bonds. The van der Waals surface area contributed by atoms with Crippen LogP contribution < -0.4 is 5.73 Å². The lowest BCUT2D eigenvalue weighted by Crippen LogP contribution is -2.13. The van der Waals surface area contributed by atoms with Crippen molar-refractivity contribution in [2.24, 2.45) is 0 Å². The number of rotatable bonds is 1. The summed E-state index contributed by atoms with van der Waals surface area (Å²) in [5, 5.41) is 4.63. The van der Waals surface area contributed by atoms with Gasteiger partial charge in [0.05, 0.1) is 15.9 Å². The maximum absolute atomic E-state index is 6.12. The quantitative estimate of drug-likeness (QED) is 0.870. The number of aromatic nitrogens is 2. The van der Waals surface area contributed by atoms with E-state index in [0.29, 0.717) is 5.82 Å². The Hall–Kier alpha value is -1.29. The highest BCUT2D eigenvalue weighted by Crippen LogP contribution is 2.34. The van der Waals surface area contributed by atoms with E-state index in [2.05, 4.69) is 60.9 Å². The van der Waals surface area contributed by atoms with E-state index in [-0.39, 0.29) is 5.41 Å². The third-order valence-corrected chi connectivity index (χ3v) is 3.63. The van der Waals surface area contributed by atoms with Gasteiger partial charge in [-0.15, -0.1) is 0 Å². The fourth-order valence-corrected chi connectivity index (χ4v) is 2.62. The lowest BCUT2D eigenvalue weighted by molar-refractivity contribution is 0.558. The van der Waals surface area contributed by atoms with Gasteiger partial charge in [-0.2, -0.15) is 5.10 Å². The van der Waals surface area contributed by atoms with Crippen LogP contribution in [0.4, 0.5) is 5.82 Å². The number of aryl methyl sites for hydroxylation is 1. The van der Waals surface area contributed by atoms with Crippen molar-refractivity contribution in [3.05, 3.63) is 40.0 Å². The molecule has 96 valence electrons. The van der Waals surface area contributed by atoms with Crippen LogP contribution in [-0.4, -0.2) is 9.78 Å². The summed E-state index contributed by atoms with van der Waals surface area (Å²) in [6, 6.07) is 8.16. The van der Waals surface area contributed by atoms with Crippen molar-refractivity contribution < 1.29 is 0 Å². The molecular weight excluding hydrogens is 290 g/mol. The summed E-state index contributed by atoms with van der Waals surface area (Å²) in [6.07, 6.45) is 0. The summed E-state index contributed by atoms with van der Waals surface area (Å²) < 4.78 is 2.67. The Morgan fingerprint density at radius 2 is 1.72 bits per heavy atom. The monoisotopic (exact) mass is 307 g/mol. The van der Waals surface area contributed by atoms with Gasteiger partial charge in [-0.1, -0.05) is 38.5 Å². The van der Waals surface area contributed by atoms with Crippen LogP contribution in [0.2, 0.25) is 0 Å². The molecule has 0 aliphatic carbocycles. The van der Waals surface area contributed by atoms with Crippen molar-refractivity contribution >= 4 is 21.7 Å². The van der Waals surface area contributed by atoms with E-state index < -0.39 is 0 Å². The Morgan fingerprint density at radius 1 is 1.17 bits per heavy atom. The predicted molar refractivity (Wildman–Crippen MR) is 79.1 cm³/mol. The van der Waals surface area contributed by atoms with Gasteiger partial charge < -0.3 is 5.73 Å². The molecule has 0 spiro atoms. The van der Waals surface area contributed by atoms with Gasteiger partial charge in [0.15, 0.2) is 0 Å². The largest absolute Gasteiger partial charge is 0.383 e. The first-order valence-electron chi connectivity index (χ1n) is 5.92. The Labute approximate surface area is 116 Å². The lowest BCUT2D eigenvalue weighted by atomic mass is 9.92. The van der Waals surface area contributed by atoms with Gasteiger partial charge in [-0.05, 0) is 35.0 Å². The molecule has 2 rings (SSSR count). The van der Waals surface area contributed by atoms with Gasteiger partial charge in [0.25, 0.3) is 0 Å². The third-order valence-electron chi connectivity index (χ3n) is 2.85. The van der Waals surface area contributed by atoms with E-state index >= 15 is 0 Å². The average Bonchev–Trinajstić information content (AvgIpc) is 2.57. The predicted octanol–water partition coefficient (Wildman–Crippen LogP) is 3.82. The van der Waals surface area contributed by atoms with Crippen LogP contribution >= 0.6 is 15.9 Å². The number of halogens is 1. The van der Waals surface area contributed by atoms with Crippen molar-refractivity contribution in [1.29, 1.82) is 0 Å². The molecule has 4 heteroatoms. The Bertz CT molecular complexity index is 562. The van der Waals surface area contributed by atoms with Crippen LogP contribution in [0.15, 0.2) is 28.7 Å². The molecule has 0 aliphatic rings. The minimum atomic E-state index is -0.0388. The standard InChI is InChI=1S/C14H18BrN3/c1-9-5-7-10(8-6-9)18-13(16)11(15)12(17-18)14(2,3)4/h5-8H,16H2,1-4H3. The van der Waals surface area contributed by atoms with Crippen molar-refractivity contribution in [3.63, 3.8) is 0 Å². The summed E-state index contributed by atoms with van der Waals surface area (Å²) in [6.45, 7) is 8.43. The zero-order chi connectivity index (χ0) is 13.5. The number of benzene rings is 1. The molecule has 1 aromatic heterocycles.